The second-order valence-corrected chi connectivity index (χ2v) is 21.0. The topological polar surface area (TPSA) is 0 Å². The van der Waals surface area contributed by atoms with Crippen LogP contribution >= 0.6 is 0 Å². The quantitative estimate of drug-likeness (QED) is 0.166. The van der Waals surface area contributed by atoms with Crippen molar-refractivity contribution in [3.05, 3.63) is 167 Å². The van der Waals surface area contributed by atoms with Crippen molar-refractivity contribution in [3.63, 3.8) is 0 Å². The van der Waals surface area contributed by atoms with Gasteiger partial charge in [-0.25, -0.2) is 0 Å². The Kier molecular flexibility index (Phi) is 16.2. The van der Waals surface area contributed by atoms with Crippen molar-refractivity contribution in [2.45, 2.75) is 208 Å². The molecule has 0 atom stereocenters. The highest BCUT2D eigenvalue weighted by atomic mass is 14.3. The molecule has 0 saturated carbocycles. The van der Waals surface area contributed by atoms with Gasteiger partial charge in [-0.15, -0.1) is 0 Å². The van der Waals surface area contributed by atoms with E-state index >= 15 is 0 Å². The molecule has 0 heterocycles. The fourth-order valence-corrected chi connectivity index (χ4v) is 11.2. The third kappa shape index (κ3) is 8.81. The van der Waals surface area contributed by atoms with Gasteiger partial charge < -0.3 is 0 Å². The molecule has 0 saturated heterocycles. The smallest absolute Gasteiger partial charge is 0.0114 e. The van der Waals surface area contributed by atoms with Gasteiger partial charge in [-0.05, 0) is 408 Å². The second-order valence-electron chi connectivity index (χ2n) is 21.0. The van der Waals surface area contributed by atoms with Gasteiger partial charge in [-0.2, -0.15) is 0 Å². The van der Waals surface area contributed by atoms with Crippen LogP contribution in [0.15, 0.2) is 0 Å². The maximum Gasteiger partial charge on any atom is -0.0114 e. The highest BCUT2D eigenvalue weighted by Gasteiger charge is 2.23. The molecule has 354 valence electrons. The van der Waals surface area contributed by atoms with Crippen molar-refractivity contribution in [3.8, 4) is 33.4 Å². The lowest BCUT2D eigenvalue weighted by molar-refractivity contribution is 1.14. The lowest BCUT2D eigenvalue weighted by atomic mass is 9.80. The number of rotatable bonds is 3. The van der Waals surface area contributed by atoms with Crippen molar-refractivity contribution >= 4 is 0 Å². The summed E-state index contributed by atoms with van der Waals surface area (Å²) in [6.45, 7) is 68.1. The van der Waals surface area contributed by atoms with Gasteiger partial charge in [0, 0.05) is 0 Å². The maximum atomic E-state index is 2.29. The van der Waals surface area contributed by atoms with Crippen molar-refractivity contribution < 1.29 is 0 Å². The molecule has 0 aromatic heterocycles. The summed E-state index contributed by atoms with van der Waals surface area (Å²) in [5.74, 6) is 0. The van der Waals surface area contributed by atoms with E-state index < -0.39 is 0 Å². The minimum Gasteiger partial charge on any atom is -0.0447 e. The average molecular weight is 883 g/mol. The van der Waals surface area contributed by atoms with Gasteiger partial charge in [0.15, 0.2) is 0 Å². The largest absolute Gasteiger partial charge is 0.0447 e. The first-order valence-electron chi connectivity index (χ1n) is 24.8. The highest BCUT2D eigenvalue weighted by Crippen LogP contribution is 2.43. The molecule has 0 nitrogen and oxygen atoms in total. The molecule has 0 N–H and O–H groups in total. The SMILES string of the molecule is Cc1c(C)c(C)c(-c2c(C)c(C)c(C)c(C)c2C)c(C)c1C.Cc1c(C)c(C)c(-c2c(C)c(C)c(C)c(C)c2C)c(C)c1C.Cc1c(C)c(C)c(-c2c(C)c(C)c(C)c(C)c2C)c(C)c1C. The lowest BCUT2D eigenvalue weighted by Crippen LogP contribution is -2.05. The van der Waals surface area contributed by atoms with Crippen LogP contribution in [0.1, 0.15) is 167 Å². The Morgan fingerprint density at radius 1 is 0.0758 bits per heavy atom. The number of hydrogen-bond donors (Lipinski definition) is 0. The monoisotopic (exact) mass is 883 g/mol. The molecule has 6 rings (SSSR count). The summed E-state index contributed by atoms with van der Waals surface area (Å²) < 4.78 is 0. The molecule has 0 bridgehead atoms. The number of hydrogen-bond acceptors (Lipinski definition) is 0. The Morgan fingerprint density at radius 2 is 0.121 bits per heavy atom. The fraction of sp³-hybridized carbons (Fsp3) is 0.455. The molecule has 6 aromatic carbocycles. The predicted octanol–water partition coefficient (Wildman–Crippen LogP) is 19.3. The van der Waals surface area contributed by atoms with Crippen LogP contribution in [0.2, 0.25) is 0 Å². The van der Waals surface area contributed by atoms with Crippen molar-refractivity contribution in [1.29, 1.82) is 0 Å². The fourth-order valence-electron chi connectivity index (χ4n) is 11.2. The molecule has 66 heavy (non-hydrogen) atoms. The van der Waals surface area contributed by atoms with E-state index in [-0.39, 0.29) is 0 Å². The van der Waals surface area contributed by atoms with Crippen LogP contribution in [0.5, 0.6) is 0 Å². The van der Waals surface area contributed by atoms with E-state index in [0.29, 0.717) is 0 Å². The van der Waals surface area contributed by atoms with E-state index in [1.54, 1.807) is 0 Å². The molecule has 6 aromatic rings. The van der Waals surface area contributed by atoms with Crippen LogP contribution in [0.3, 0.4) is 0 Å². The first-order valence-corrected chi connectivity index (χ1v) is 24.8. The molecular weight excluding hydrogens is 793 g/mol. The third-order valence-electron chi connectivity index (χ3n) is 18.8. The molecule has 0 aliphatic rings. The molecule has 0 radical (unpaired) electrons. The Morgan fingerprint density at radius 3 is 0.182 bits per heavy atom. The van der Waals surface area contributed by atoms with E-state index in [0.717, 1.165) is 0 Å². The highest BCUT2D eigenvalue weighted by molar-refractivity contribution is 5.84. The standard InChI is InChI=1S/3C22H30/c3*1-11-13(3)17(7)21(18(8)14(11)4)22-19(9)15(5)12(2)16(6)20(22)10/h3*1-10H3. The van der Waals surface area contributed by atoms with Crippen LogP contribution in [-0.4, -0.2) is 0 Å². The first kappa shape index (κ1) is 53.9. The predicted molar refractivity (Wildman–Crippen MR) is 298 cm³/mol. The van der Waals surface area contributed by atoms with Gasteiger partial charge in [-0.1, -0.05) is 0 Å². The summed E-state index contributed by atoms with van der Waals surface area (Å²) >= 11 is 0. The first-order chi connectivity index (χ1) is 30.3. The maximum absolute atomic E-state index is 2.29. The molecule has 0 spiro atoms. The normalized spacial score (nSPS) is 11.2. The summed E-state index contributed by atoms with van der Waals surface area (Å²) in [6.07, 6.45) is 0. The summed E-state index contributed by atoms with van der Waals surface area (Å²) in [5.41, 5.74) is 51.9. The molecule has 0 heteroatoms. The van der Waals surface area contributed by atoms with E-state index in [2.05, 4.69) is 208 Å². The zero-order chi connectivity index (χ0) is 50.8. The van der Waals surface area contributed by atoms with E-state index in [1.807, 2.05) is 0 Å². The average Bonchev–Trinajstić information content (AvgIpc) is 3.29. The zero-order valence-corrected chi connectivity index (χ0v) is 48.0. The van der Waals surface area contributed by atoms with E-state index in [1.165, 1.54) is 200 Å². The summed E-state index contributed by atoms with van der Waals surface area (Å²) in [7, 11) is 0. The minimum absolute atomic E-state index is 1.44. The van der Waals surface area contributed by atoms with Gasteiger partial charge in [0.2, 0.25) is 0 Å². The van der Waals surface area contributed by atoms with E-state index in [9.17, 15) is 0 Å². The third-order valence-corrected chi connectivity index (χ3v) is 18.8. The van der Waals surface area contributed by atoms with Crippen LogP contribution in [0, 0.1) is 208 Å². The van der Waals surface area contributed by atoms with Crippen molar-refractivity contribution in [2.75, 3.05) is 0 Å². The molecular formula is C66H90. The van der Waals surface area contributed by atoms with Gasteiger partial charge in [-0.3, -0.25) is 0 Å². The van der Waals surface area contributed by atoms with Gasteiger partial charge in [0.05, 0.1) is 0 Å². The summed E-state index contributed by atoms with van der Waals surface area (Å²) in [6, 6.07) is 0. The second kappa shape index (κ2) is 19.9. The van der Waals surface area contributed by atoms with E-state index in [4.69, 9.17) is 0 Å². The molecule has 0 amide bonds. The minimum atomic E-state index is 1.44. The van der Waals surface area contributed by atoms with Crippen LogP contribution in [0.25, 0.3) is 33.4 Å². The molecule has 0 unspecified atom stereocenters. The summed E-state index contributed by atoms with van der Waals surface area (Å²) in [4.78, 5) is 0. The van der Waals surface area contributed by atoms with Crippen LogP contribution in [0.4, 0.5) is 0 Å². The Balaban J connectivity index is 0.000000216. The Labute approximate surface area is 406 Å². The van der Waals surface area contributed by atoms with Gasteiger partial charge in [0.25, 0.3) is 0 Å². The van der Waals surface area contributed by atoms with Crippen LogP contribution < -0.4 is 0 Å². The molecule has 0 aliphatic carbocycles. The molecule has 0 aliphatic heterocycles. The Bertz CT molecular complexity index is 2270. The van der Waals surface area contributed by atoms with Crippen molar-refractivity contribution in [1.82, 2.24) is 0 Å². The van der Waals surface area contributed by atoms with Crippen LogP contribution in [-0.2, 0) is 0 Å². The molecule has 0 fully saturated rings. The summed E-state index contributed by atoms with van der Waals surface area (Å²) in [5, 5.41) is 0. The zero-order valence-electron chi connectivity index (χ0n) is 48.0. The van der Waals surface area contributed by atoms with Gasteiger partial charge in [0.1, 0.15) is 0 Å². The van der Waals surface area contributed by atoms with Crippen molar-refractivity contribution in [2.24, 2.45) is 0 Å². The lowest BCUT2D eigenvalue weighted by Gasteiger charge is -2.25. The Hall–Kier alpha value is -4.68. The number of benzene rings is 6. The van der Waals surface area contributed by atoms with Gasteiger partial charge >= 0.3 is 0 Å².